The Balaban J connectivity index is 1.89. The van der Waals surface area contributed by atoms with E-state index in [2.05, 4.69) is 10.6 Å². The molecule has 0 aliphatic heterocycles. The number of hydrogen-bond acceptors (Lipinski definition) is 4. The van der Waals surface area contributed by atoms with Gasteiger partial charge in [-0.2, -0.15) is 0 Å². The van der Waals surface area contributed by atoms with Crippen LogP contribution >= 0.6 is 0 Å². The molecule has 2 unspecified atom stereocenters. The van der Waals surface area contributed by atoms with Crippen molar-refractivity contribution < 1.29 is 19.1 Å². The monoisotopic (exact) mass is 272 g/mol. The fourth-order valence-electron chi connectivity index (χ4n) is 1.90. The van der Waals surface area contributed by atoms with Crippen molar-refractivity contribution in [2.24, 2.45) is 11.8 Å². The summed E-state index contributed by atoms with van der Waals surface area (Å²) in [5.41, 5.74) is 0. The molecule has 0 radical (unpaired) electrons. The van der Waals surface area contributed by atoms with Gasteiger partial charge in [-0.05, 0) is 18.8 Å². The first-order valence-corrected chi connectivity index (χ1v) is 6.74. The zero-order valence-corrected chi connectivity index (χ0v) is 11.7. The number of methoxy groups -OCH3 is 1. The van der Waals surface area contributed by atoms with Crippen LogP contribution in [0.4, 0.5) is 0 Å². The zero-order valence-electron chi connectivity index (χ0n) is 11.7. The highest BCUT2D eigenvalue weighted by Gasteiger charge is 2.42. The van der Waals surface area contributed by atoms with Crippen molar-refractivity contribution in [1.82, 2.24) is 10.6 Å². The van der Waals surface area contributed by atoms with Crippen LogP contribution in [-0.2, 0) is 19.1 Å². The van der Waals surface area contributed by atoms with Crippen LogP contribution in [0.1, 0.15) is 19.3 Å². The molecule has 19 heavy (non-hydrogen) atoms. The SMILES string of the molecule is CNC(=O)C1CC1COCCNC(=O)CCCOC. The molecule has 2 amide bonds. The maximum Gasteiger partial charge on any atom is 0.223 e. The van der Waals surface area contributed by atoms with E-state index < -0.39 is 0 Å². The van der Waals surface area contributed by atoms with Crippen molar-refractivity contribution in [3.8, 4) is 0 Å². The summed E-state index contributed by atoms with van der Waals surface area (Å²) in [7, 11) is 3.27. The van der Waals surface area contributed by atoms with E-state index in [1.807, 2.05) is 0 Å². The quantitative estimate of drug-likeness (QED) is 0.546. The van der Waals surface area contributed by atoms with Crippen LogP contribution in [0.25, 0.3) is 0 Å². The Morgan fingerprint density at radius 3 is 2.79 bits per heavy atom. The molecule has 0 bridgehead atoms. The summed E-state index contributed by atoms with van der Waals surface area (Å²) in [6.45, 7) is 2.21. The molecule has 0 spiro atoms. The van der Waals surface area contributed by atoms with Gasteiger partial charge in [0.2, 0.25) is 11.8 Å². The largest absolute Gasteiger partial charge is 0.385 e. The van der Waals surface area contributed by atoms with Crippen molar-refractivity contribution in [1.29, 1.82) is 0 Å². The smallest absolute Gasteiger partial charge is 0.223 e. The maximum atomic E-state index is 11.3. The van der Waals surface area contributed by atoms with E-state index in [0.29, 0.717) is 38.7 Å². The molecule has 0 aromatic heterocycles. The number of ether oxygens (including phenoxy) is 2. The van der Waals surface area contributed by atoms with Crippen molar-refractivity contribution in [3.63, 3.8) is 0 Å². The summed E-state index contributed by atoms with van der Waals surface area (Å²) in [4.78, 5) is 22.6. The number of rotatable bonds is 10. The fraction of sp³-hybridized carbons (Fsp3) is 0.846. The highest BCUT2D eigenvalue weighted by atomic mass is 16.5. The topological polar surface area (TPSA) is 76.7 Å². The molecule has 0 saturated heterocycles. The third kappa shape index (κ3) is 6.54. The van der Waals surface area contributed by atoms with Gasteiger partial charge in [0.1, 0.15) is 0 Å². The molecular weight excluding hydrogens is 248 g/mol. The van der Waals surface area contributed by atoms with Gasteiger partial charge in [-0.1, -0.05) is 0 Å². The van der Waals surface area contributed by atoms with Gasteiger partial charge >= 0.3 is 0 Å². The highest BCUT2D eigenvalue weighted by Crippen LogP contribution is 2.38. The molecule has 0 aromatic carbocycles. The van der Waals surface area contributed by atoms with E-state index in [1.54, 1.807) is 14.2 Å². The number of nitrogens with one attached hydrogen (secondary N) is 2. The molecule has 2 N–H and O–H groups in total. The van der Waals surface area contributed by atoms with Crippen LogP contribution in [0, 0.1) is 11.8 Å². The molecule has 1 aliphatic rings. The van der Waals surface area contributed by atoms with Crippen molar-refractivity contribution >= 4 is 11.8 Å². The Morgan fingerprint density at radius 1 is 1.32 bits per heavy atom. The molecule has 1 saturated carbocycles. The lowest BCUT2D eigenvalue weighted by Crippen LogP contribution is -2.27. The van der Waals surface area contributed by atoms with E-state index in [1.165, 1.54) is 0 Å². The van der Waals surface area contributed by atoms with Gasteiger partial charge in [0.15, 0.2) is 0 Å². The lowest BCUT2D eigenvalue weighted by Gasteiger charge is -2.06. The van der Waals surface area contributed by atoms with Crippen LogP contribution in [0.15, 0.2) is 0 Å². The Morgan fingerprint density at radius 2 is 2.11 bits per heavy atom. The van der Waals surface area contributed by atoms with E-state index >= 15 is 0 Å². The van der Waals surface area contributed by atoms with E-state index in [0.717, 1.165) is 12.8 Å². The standard InChI is InChI=1S/C13H24N2O4/c1-14-13(17)11-8-10(11)9-19-7-5-15-12(16)4-3-6-18-2/h10-11H,3-9H2,1-2H3,(H,14,17)(H,15,16). The molecule has 6 heteroatoms. The summed E-state index contributed by atoms with van der Waals surface area (Å²) in [5, 5.41) is 5.42. The van der Waals surface area contributed by atoms with Crippen molar-refractivity contribution in [2.75, 3.05) is 40.5 Å². The Labute approximate surface area is 114 Å². The van der Waals surface area contributed by atoms with Gasteiger partial charge in [-0.3, -0.25) is 9.59 Å². The summed E-state index contributed by atoms with van der Waals surface area (Å²) >= 11 is 0. The van der Waals surface area contributed by atoms with Crippen molar-refractivity contribution in [3.05, 3.63) is 0 Å². The number of carbonyl (C=O) groups is 2. The van der Waals surface area contributed by atoms with Crippen molar-refractivity contribution in [2.45, 2.75) is 19.3 Å². The average Bonchev–Trinajstić information content (AvgIpc) is 3.17. The molecular formula is C13H24N2O4. The van der Waals surface area contributed by atoms with Gasteiger partial charge in [0, 0.05) is 39.6 Å². The first-order valence-electron chi connectivity index (χ1n) is 6.74. The second-order valence-electron chi connectivity index (χ2n) is 4.74. The third-order valence-electron chi connectivity index (χ3n) is 3.16. The lowest BCUT2D eigenvalue weighted by molar-refractivity contribution is -0.122. The zero-order chi connectivity index (χ0) is 14.1. The molecule has 6 nitrogen and oxygen atoms in total. The minimum Gasteiger partial charge on any atom is -0.385 e. The highest BCUT2D eigenvalue weighted by molar-refractivity contribution is 5.81. The normalized spacial score (nSPS) is 20.9. The van der Waals surface area contributed by atoms with Crippen LogP contribution in [0.5, 0.6) is 0 Å². The predicted molar refractivity (Wildman–Crippen MR) is 70.6 cm³/mol. The maximum absolute atomic E-state index is 11.3. The lowest BCUT2D eigenvalue weighted by atomic mass is 10.3. The molecule has 0 aromatic rings. The van der Waals surface area contributed by atoms with E-state index in [-0.39, 0.29) is 17.7 Å². The van der Waals surface area contributed by atoms with Gasteiger partial charge in [0.05, 0.1) is 13.2 Å². The predicted octanol–water partition coefficient (Wildman–Crippen LogP) is -0.0721. The summed E-state index contributed by atoms with van der Waals surface area (Å²) in [5.74, 6) is 0.585. The van der Waals surface area contributed by atoms with Crippen LogP contribution in [-0.4, -0.2) is 52.3 Å². The molecule has 1 rings (SSSR count). The average molecular weight is 272 g/mol. The second-order valence-corrected chi connectivity index (χ2v) is 4.74. The van der Waals surface area contributed by atoms with Gasteiger partial charge in [-0.25, -0.2) is 0 Å². The minimum atomic E-state index is 0.0234. The van der Waals surface area contributed by atoms with E-state index in [4.69, 9.17) is 9.47 Å². The number of amides is 2. The first kappa shape index (κ1) is 15.9. The summed E-state index contributed by atoms with van der Waals surface area (Å²) in [6, 6.07) is 0. The first-order chi connectivity index (χ1) is 9.19. The fourth-order valence-corrected chi connectivity index (χ4v) is 1.90. The number of hydrogen-bond donors (Lipinski definition) is 2. The second kappa shape index (κ2) is 8.87. The number of carbonyl (C=O) groups excluding carboxylic acids is 2. The summed E-state index contributed by atoms with van der Waals surface area (Å²) < 4.78 is 10.3. The van der Waals surface area contributed by atoms with Gasteiger partial charge in [0.25, 0.3) is 0 Å². The molecule has 2 atom stereocenters. The Bertz CT molecular complexity index is 296. The molecule has 0 heterocycles. The molecule has 110 valence electrons. The van der Waals surface area contributed by atoms with Crippen LogP contribution < -0.4 is 10.6 Å². The Kier molecular flexibility index (Phi) is 7.43. The van der Waals surface area contributed by atoms with Gasteiger partial charge in [-0.15, -0.1) is 0 Å². The van der Waals surface area contributed by atoms with E-state index in [9.17, 15) is 9.59 Å². The molecule has 1 aliphatic carbocycles. The third-order valence-corrected chi connectivity index (χ3v) is 3.16. The van der Waals surface area contributed by atoms with Crippen LogP contribution in [0.3, 0.4) is 0 Å². The van der Waals surface area contributed by atoms with Crippen LogP contribution in [0.2, 0.25) is 0 Å². The van der Waals surface area contributed by atoms with Gasteiger partial charge < -0.3 is 20.1 Å². The summed E-state index contributed by atoms with van der Waals surface area (Å²) in [6.07, 6.45) is 2.12. The minimum absolute atomic E-state index is 0.0234. The molecule has 1 fully saturated rings. The Hall–Kier alpha value is -1.14.